The topological polar surface area (TPSA) is 35.5 Å². The van der Waals surface area contributed by atoms with Crippen molar-refractivity contribution in [2.45, 2.75) is 25.4 Å². The van der Waals surface area contributed by atoms with Crippen molar-refractivity contribution in [3.8, 4) is 5.75 Å². The molecule has 0 radical (unpaired) electrons. The maximum atomic E-state index is 12.0. The lowest BCUT2D eigenvalue weighted by Crippen LogP contribution is -2.16. The summed E-state index contributed by atoms with van der Waals surface area (Å²) in [6, 6.07) is 6.95. The van der Waals surface area contributed by atoms with Gasteiger partial charge in [-0.1, -0.05) is 18.2 Å². The molecule has 3 nitrogen and oxygen atoms in total. The van der Waals surface area contributed by atoms with Crippen LogP contribution in [0.15, 0.2) is 48.6 Å². The highest BCUT2D eigenvalue weighted by Crippen LogP contribution is 2.15. The fraction of sp³-hybridized carbons (Fsp3) is 0.312. The van der Waals surface area contributed by atoms with Crippen LogP contribution in [0.3, 0.4) is 0 Å². The zero-order chi connectivity index (χ0) is 13.5. The second-order valence-corrected chi connectivity index (χ2v) is 4.38. The highest BCUT2D eigenvalue weighted by molar-refractivity contribution is 5.89. The molecule has 0 saturated carbocycles. The Bertz CT molecular complexity index is 471. The normalized spacial score (nSPS) is 21.8. The molecule has 0 heterocycles. The zero-order valence-corrected chi connectivity index (χ0v) is 11.0. The average Bonchev–Trinajstić information content (AvgIpc) is 2.41. The second kappa shape index (κ2) is 6.78. The summed E-state index contributed by atoms with van der Waals surface area (Å²) in [5, 5.41) is 0. The predicted molar refractivity (Wildman–Crippen MR) is 74.3 cm³/mol. The number of allylic oxidation sites excluding steroid dienone is 3. The highest BCUT2D eigenvalue weighted by atomic mass is 16.5. The van der Waals surface area contributed by atoms with Crippen molar-refractivity contribution in [2.75, 3.05) is 7.11 Å². The van der Waals surface area contributed by atoms with Gasteiger partial charge in [-0.05, 0) is 49.6 Å². The van der Waals surface area contributed by atoms with Crippen LogP contribution >= 0.6 is 0 Å². The van der Waals surface area contributed by atoms with Gasteiger partial charge in [-0.15, -0.1) is 0 Å². The molecular weight excluding hydrogens is 240 g/mol. The van der Waals surface area contributed by atoms with Crippen LogP contribution in [0.5, 0.6) is 5.75 Å². The number of rotatable bonds is 3. The summed E-state index contributed by atoms with van der Waals surface area (Å²) in [6.07, 6.45) is 10.8. The Morgan fingerprint density at radius 3 is 2.68 bits per heavy atom. The third kappa shape index (κ3) is 3.98. The molecule has 1 aliphatic carbocycles. The summed E-state index contributed by atoms with van der Waals surface area (Å²) in [5.74, 6) is 0.439. The number of hydrogen-bond acceptors (Lipinski definition) is 3. The Balaban J connectivity index is 1.97. The molecule has 19 heavy (non-hydrogen) atoms. The predicted octanol–water partition coefficient (Wildman–Crippen LogP) is 3.52. The van der Waals surface area contributed by atoms with E-state index in [0.717, 1.165) is 25.0 Å². The van der Waals surface area contributed by atoms with E-state index in [-0.39, 0.29) is 12.1 Å². The molecule has 3 heteroatoms. The van der Waals surface area contributed by atoms with Crippen LogP contribution in [0.25, 0.3) is 0 Å². The minimum atomic E-state index is -0.290. The van der Waals surface area contributed by atoms with Gasteiger partial charge in [0.1, 0.15) is 11.9 Å². The Morgan fingerprint density at radius 2 is 1.95 bits per heavy atom. The van der Waals surface area contributed by atoms with Crippen LogP contribution in [-0.2, 0) is 4.74 Å². The van der Waals surface area contributed by atoms with Gasteiger partial charge in [-0.2, -0.15) is 0 Å². The van der Waals surface area contributed by atoms with Crippen molar-refractivity contribution in [3.05, 3.63) is 54.1 Å². The van der Waals surface area contributed by atoms with Gasteiger partial charge in [0.05, 0.1) is 12.7 Å². The van der Waals surface area contributed by atoms with Crippen LogP contribution in [0, 0.1) is 0 Å². The summed E-state index contributed by atoms with van der Waals surface area (Å²) in [4.78, 5) is 12.0. The molecule has 1 aromatic carbocycles. The Kier molecular flexibility index (Phi) is 4.78. The molecule has 1 aromatic rings. The van der Waals surface area contributed by atoms with Gasteiger partial charge in [0.25, 0.3) is 0 Å². The summed E-state index contributed by atoms with van der Waals surface area (Å²) < 4.78 is 10.5. The van der Waals surface area contributed by atoms with Gasteiger partial charge < -0.3 is 9.47 Å². The van der Waals surface area contributed by atoms with E-state index in [4.69, 9.17) is 9.47 Å². The number of esters is 1. The van der Waals surface area contributed by atoms with E-state index in [9.17, 15) is 4.79 Å². The highest BCUT2D eigenvalue weighted by Gasteiger charge is 2.13. The summed E-state index contributed by atoms with van der Waals surface area (Å²) in [5.41, 5.74) is 0.548. The lowest BCUT2D eigenvalue weighted by Gasteiger charge is -2.14. The number of carbonyl (C=O) groups is 1. The Hall–Kier alpha value is -2.03. The first kappa shape index (κ1) is 13.4. The van der Waals surface area contributed by atoms with Crippen LogP contribution in [0.4, 0.5) is 0 Å². The standard InChI is InChI=1S/C16H18O3/c1-18-14-11-9-13(10-12-14)16(17)19-15-7-5-3-2-4-6-8-15/h2-3,6,8-12,15H,4-5,7H2,1H3/b3-2-,8-6-/t15-/m0/s1. The lowest BCUT2D eigenvalue weighted by molar-refractivity contribution is 0.0381. The maximum Gasteiger partial charge on any atom is 0.338 e. The van der Waals surface area contributed by atoms with Gasteiger partial charge in [0.2, 0.25) is 0 Å². The van der Waals surface area contributed by atoms with Crippen LogP contribution < -0.4 is 4.74 Å². The molecule has 2 rings (SSSR count). The van der Waals surface area contributed by atoms with E-state index in [1.54, 1.807) is 31.4 Å². The third-order valence-corrected chi connectivity index (χ3v) is 2.99. The fourth-order valence-electron chi connectivity index (χ4n) is 1.91. The number of ether oxygens (including phenoxy) is 2. The SMILES string of the molecule is COc1ccc(C(=O)O[C@@H]2/C=C\C/C=C\CC2)cc1. The zero-order valence-electron chi connectivity index (χ0n) is 11.0. The van der Waals surface area contributed by atoms with Crippen LogP contribution in [0.2, 0.25) is 0 Å². The summed E-state index contributed by atoms with van der Waals surface area (Å²) >= 11 is 0. The van der Waals surface area contributed by atoms with Crippen molar-refractivity contribution in [3.63, 3.8) is 0 Å². The molecule has 0 aromatic heterocycles. The van der Waals surface area contributed by atoms with E-state index < -0.39 is 0 Å². The minimum absolute atomic E-state index is 0.139. The van der Waals surface area contributed by atoms with Crippen LogP contribution in [-0.4, -0.2) is 19.2 Å². The number of methoxy groups -OCH3 is 1. The first-order chi connectivity index (χ1) is 9.29. The first-order valence-corrected chi connectivity index (χ1v) is 6.46. The molecule has 0 aliphatic heterocycles. The summed E-state index contributed by atoms with van der Waals surface area (Å²) in [6.45, 7) is 0. The van der Waals surface area contributed by atoms with Crippen molar-refractivity contribution < 1.29 is 14.3 Å². The molecule has 0 unspecified atom stereocenters. The maximum absolute atomic E-state index is 12.0. The second-order valence-electron chi connectivity index (χ2n) is 4.38. The Morgan fingerprint density at radius 1 is 1.16 bits per heavy atom. The average molecular weight is 258 g/mol. The Labute approximate surface area is 113 Å². The molecule has 0 spiro atoms. The molecule has 0 fully saturated rings. The lowest BCUT2D eigenvalue weighted by atomic mass is 10.1. The third-order valence-electron chi connectivity index (χ3n) is 2.99. The molecule has 1 atom stereocenters. The van der Waals surface area contributed by atoms with Crippen molar-refractivity contribution in [2.24, 2.45) is 0 Å². The fourth-order valence-corrected chi connectivity index (χ4v) is 1.91. The number of benzene rings is 1. The van der Waals surface area contributed by atoms with Gasteiger partial charge in [0.15, 0.2) is 0 Å². The quantitative estimate of drug-likeness (QED) is 0.614. The van der Waals surface area contributed by atoms with E-state index >= 15 is 0 Å². The molecular formula is C16H18O3. The summed E-state index contributed by atoms with van der Waals surface area (Å²) in [7, 11) is 1.60. The largest absolute Gasteiger partial charge is 0.497 e. The van der Waals surface area contributed by atoms with E-state index in [1.807, 2.05) is 12.2 Å². The van der Waals surface area contributed by atoms with Crippen molar-refractivity contribution >= 4 is 5.97 Å². The number of hydrogen-bond donors (Lipinski definition) is 0. The molecule has 0 saturated heterocycles. The number of carbonyl (C=O) groups excluding carboxylic acids is 1. The van der Waals surface area contributed by atoms with E-state index in [0.29, 0.717) is 5.56 Å². The van der Waals surface area contributed by atoms with Gasteiger partial charge in [0, 0.05) is 0 Å². The minimum Gasteiger partial charge on any atom is -0.497 e. The first-order valence-electron chi connectivity index (χ1n) is 6.46. The monoisotopic (exact) mass is 258 g/mol. The van der Waals surface area contributed by atoms with Gasteiger partial charge >= 0.3 is 5.97 Å². The molecule has 100 valence electrons. The van der Waals surface area contributed by atoms with Crippen LogP contribution in [0.1, 0.15) is 29.6 Å². The smallest absolute Gasteiger partial charge is 0.338 e. The molecule has 0 N–H and O–H groups in total. The molecule has 0 bridgehead atoms. The van der Waals surface area contributed by atoms with Crippen molar-refractivity contribution in [1.29, 1.82) is 0 Å². The molecule has 0 amide bonds. The molecule has 1 aliphatic rings. The van der Waals surface area contributed by atoms with Gasteiger partial charge in [-0.3, -0.25) is 0 Å². The van der Waals surface area contributed by atoms with Gasteiger partial charge in [-0.25, -0.2) is 4.79 Å². The van der Waals surface area contributed by atoms with Crippen molar-refractivity contribution in [1.82, 2.24) is 0 Å². The van der Waals surface area contributed by atoms with E-state index in [1.165, 1.54) is 0 Å². The van der Waals surface area contributed by atoms with E-state index in [2.05, 4.69) is 12.2 Å².